The number of rotatable bonds is 11. The molecule has 0 saturated heterocycles. The molecular formula is C25H29NO3. The molecule has 0 amide bonds. The van der Waals surface area contributed by atoms with Gasteiger partial charge >= 0.3 is 0 Å². The highest BCUT2D eigenvalue weighted by molar-refractivity contribution is 5.48. The Hall–Kier alpha value is -3.14. The number of hydrogen-bond acceptors (Lipinski definition) is 4. The first kappa shape index (κ1) is 20.6. The molecule has 1 atom stereocenters. The summed E-state index contributed by atoms with van der Waals surface area (Å²) < 4.78 is 17.4. The minimum Gasteiger partial charge on any atom is -0.490 e. The van der Waals surface area contributed by atoms with Crippen molar-refractivity contribution in [2.24, 2.45) is 0 Å². The minimum absolute atomic E-state index is 0.0475. The van der Waals surface area contributed by atoms with Gasteiger partial charge in [0.05, 0.1) is 6.54 Å². The van der Waals surface area contributed by atoms with E-state index in [1.54, 1.807) is 0 Å². The van der Waals surface area contributed by atoms with Crippen molar-refractivity contribution in [2.45, 2.75) is 26.4 Å². The number of anilines is 1. The third-order valence-electron chi connectivity index (χ3n) is 4.46. The van der Waals surface area contributed by atoms with Crippen LogP contribution in [0.15, 0.2) is 78.9 Å². The number of hydrogen-bond donors (Lipinski definition) is 1. The van der Waals surface area contributed by atoms with Crippen LogP contribution in [0.3, 0.4) is 0 Å². The van der Waals surface area contributed by atoms with E-state index in [9.17, 15) is 0 Å². The van der Waals surface area contributed by atoms with Crippen molar-refractivity contribution in [1.29, 1.82) is 0 Å². The van der Waals surface area contributed by atoms with E-state index in [1.807, 2.05) is 66.7 Å². The molecule has 0 heterocycles. The van der Waals surface area contributed by atoms with Crippen LogP contribution in [0.25, 0.3) is 0 Å². The number of aryl methyl sites for hydroxylation is 1. The predicted molar refractivity (Wildman–Crippen MR) is 118 cm³/mol. The van der Waals surface area contributed by atoms with Crippen LogP contribution in [0.2, 0.25) is 0 Å². The van der Waals surface area contributed by atoms with Gasteiger partial charge in [0.15, 0.2) is 0 Å². The second-order valence-electron chi connectivity index (χ2n) is 6.84. The molecule has 29 heavy (non-hydrogen) atoms. The van der Waals surface area contributed by atoms with Crippen LogP contribution >= 0.6 is 0 Å². The molecule has 0 spiro atoms. The zero-order valence-corrected chi connectivity index (χ0v) is 17.1. The quantitative estimate of drug-likeness (QED) is 0.433. The maximum Gasteiger partial charge on any atom is 0.122 e. The van der Waals surface area contributed by atoms with E-state index in [-0.39, 0.29) is 6.10 Å². The first-order valence-corrected chi connectivity index (χ1v) is 10.1. The zero-order valence-electron chi connectivity index (χ0n) is 17.1. The summed E-state index contributed by atoms with van der Waals surface area (Å²) in [5.74, 6) is 2.56. The Morgan fingerprint density at radius 1 is 0.759 bits per heavy atom. The SMILES string of the molecule is CCc1ccc(OC(C)CNc2cccc(OCCOc3ccccc3)c2)cc1. The Labute approximate surface area is 173 Å². The van der Waals surface area contributed by atoms with Gasteiger partial charge in [-0.25, -0.2) is 0 Å². The maximum atomic E-state index is 5.98. The molecule has 1 N–H and O–H groups in total. The van der Waals surface area contributed by atoms with Crippen LogP contribution in [0.5, 0.6) is 17.2 Å². The number of nitrogens with one attached hydrogen (secondary N) is 1. The number of para-hydroxylation sites is 1. The highest BCUT2D eigenvalue weighted by Crippen LogP contribution is 2.19. The van der Waals surface area contributed by atoms with E-state index in [0.29, 0.717) is 19.8 Å². The molecule has 0 radical (unpaired) electrons. The van der Waals surface area contributed by atoms with Crippen molar-refractivity contribution >= 4 is 5.69 Å². The molecule has 4 heteroatoms. The normalized spacial score (nSPS) is 11.5. The molecule has 0 fully saturated rings. The lowest BCUT2D eigenvalue weighted by Gasteiger charge is -2.17. The van der Waals surface area contributed by atoms with E-state index in [0.717, 1.165) is 29.4 Å². The van der Waals surface area contributed by atoms with Crippen LogP contribution in [-0.4, -0.2) is 25.9 Å². The summed E-state index contributed by atoms with van der Waals surface area (Å²) in [5.41, 5.74) is 2.32. The second kappa shape index (κ2) is 11.0. The number of benzene rings is 3. The van der Waals surface area contributed by atoms with Crippen LogP contribution in [0.4, 0.5) is 5.69 Å². The minimum atomic E-state index is 0.0475. The van der Waals surface area contributed by atoms with Crippen molar-refractivity contribution in [1.82, 2.24) is 0 Å². The van der Waals surface area contributed by atoms with Gasteiger partial charge < -0.3 is 19.5 Å². The summed E-state index contributed by atoms with van der Waals surface area (Å²) in [5, 5.41) is 3.41. The Morgan fingerprint density at radius 3 is 2.17 bits per heavy atom. The fourth-order valence-electron chi connectivity index (χ4n) is 2.87. The van der Waals surface area contributed by atoms with Crippen LogP contribution in [0, 0.1) is 0 Å². The first-order chi connectivity index (χ1) is 14.2. The Morgan fingerprint density at radius 2 is 1.45 bits per heavy atom. The molecule has 152 valence electrons. The molecule has 3 aromatic rings. The molecule has 0 aromatic heterocycles. The molecule has 1 unspecified atom stereocenters. The Bertz CT molecular complexity index is 849. The van der Waals surface area contributed by atoms with Crippen molar-refractivity contribution in [2.75, 3.05) is 25.1 Å². The van der Waals surface area contributed by atoms with Gasteiger partial charge in [-0.2, -0.15) is 0 Å². The largest absolute Gasteiger partial charge is 0.490 e. The molecule has 0 aliphatic heterocycles. The van der Waals surface area contributed by atoms with Crippen molar-refractivity contribution in [3.05, 3.63) is 84.4 Å². The summed E-state index contributed by atoms with van der Waals surface area (Å²) >= 11 is 0. The summed E-state index contributed by atoms with van der Waals surface area (Å²) in [4.78, 5) is 0. The maximum absolute atomic E-state index is 5.98. The van der Waals surface area contributed by atoms with Gasteiger partial charge in [0.25, 0.3) is 0 Å². The first-order valence-electron chi connectivity index (χ1n) is 10.1. The van der Waals surface area contributed by atoms with Gasteiger partial charge in [-0.15, -0.1) is 0 Å². The van der Waals surface area contributed by atoms with Gasteiger partial charge in [0, 0.05) is 11.8 Å². The van der Waals surface area contributed by atoms with Gasteiger partial charge in [-0.1, -0.05) is 43.3 Å². The molecule has 0 aliphatic carbocycles. The summed E-state index contributed by atoms with van der Waals surface area (Å²) in [7, 11) is 0. The van der Waals surface area contributed by atoms with E-state index in [2.05, 4.69) is 31.3 Å². The number of ether oxygens (including phenoxy) is 3. The van der Waals surface area contributed by atoms with Gasteiger partial charge in [0.2, 0.25) is 0 Å². The highest BCUT2D eigenvalue weighted by Gasteiger charge is 2.05. The smallest absolute Gasteiger partial charge is 0.122 e. The zero-order chi connectivity index (χ0) is 20.3. The average molecular weight is 392 g/mol. The molecule has 0 bridgehead atoms. The van der Waals surface area contributed by atoms with E-state index in [1.165, 1.54) is 5.56 Å². The van der Waals surface area contributed by atoms with Crippen molar-refractivity contribution in [3.63, 3.8) is 0 Å². The fraction of sp³-hybridized carbons (Fsp3) is 0.280. The third-order valence-corrected chi connectivity index (χ3v) is 4.46. The van der Waals surface area contributed by atoms with Crippen molar-refractivity contribution < 1.29 is 14.2 Å². The van der Waals surface area contributed by atoms with E-state index >= 15 is 0 Å². The monoisotopic (exact) mass is 391 g/mol. The van der Waals surface area contributed by atoms with Gasteiger partial charge in [-0.3, -0.25) is 0 Å². The standard InChI is InChI=1S/C25H29NO3/c1-3-21-12-14-24(15-13-21)29-20(2)19-26-22-8-7-11-25(18-22)28-17-16-27-23-9-5-4-6-10-23/h4-15,18,20,26H,3,16-17,19H2,1-2H3. The molecule has 0 saturated carbocycles. The molecule has 0 aliphatic rings. The van der Waals surface area contributed by atoms with E-state index < -0.39 is 0 Å². The highest BCUT2D eigenvalue weighted by atomic mass is 16.5. The second-order valence-corrected chi connectivity index (χ2v) is 6.84. The summed E-state index contributed by atoms with van der Waals surface area (Å²) in [6, 6.07) is 26.0. The third kappa shape index (κ3) is 7.07. The Kier molecular flexibility index (Phi) is 7.81. The molecule has 3 rings (SSSR count). The molecular weight excluding hydrogens is 362 g/mol. The summed E-state index contributed by atoms with van der Waals surface area (Å²) in [6.45, 7) is 5.91. The lowest BCUT2D eigenvalue weighted by atomic mass is 10.2. The topological polar surface area (TPSA) is 39.7 Å². The van der Waals surface area contributed by atoms with Crippen LogP contribution in [0.1, 0.15) is 19.4 Å². The lowest BCUT2D eigenvalue weighted by molar-refractivity contribution is 0.217. The lowest BCUT2D eigenvalue weighted by Crippen LogP contribution is -2.22. The molecule has 3 aromatic carbocycles. The van der Waals surface area contributed by atoms with E-state index in [4.69, 9.17) is 14.2 Å². The van der Waals surface area contributed by atoms with Crippen LogP contribution in [-0.2, 0) is 6.42 Å². The van der Waals surface area contributed by atoms with Crippen LogP contribution < -0.4 is 19.5 Å². The van der Waals surface area contributed by atoms with Gasteiger partial charge in [-0.05, 0) is 55.3 Å². The summed E-state index contributed by atoms with van der Waals surface area (Å²) in [6.07, 6.45) is 1.08. The Balaban J connectivity index is 1.40. The average Bonchev–Trinajstić information content (AvgIpc) is 2.77. The van der Waals surface area contributed by atoms with Gasteiger partial charge in [0.1, 0.15) is 36.6 Å². The van der Waals surface area contributed by atoms with Crippen molar-refractivity contribution in [3.8, 4) is 17.2 Å². The fourth-order valence-corrected chi connectivity index (χ4v) is 2.87. The predicted octanol–water partition coefficient (Wildman–Crippen LogP) is 5.59. The molecule has 4 nitrogen and oxygen atoms in total.